The molecule has 1 unspecified atom stereocenters. The Kier molecular flexibility index (Phi) is 4.62. The van der Waals surface area contributed by atoms with Crippen LogP contribution in [0.5, 0.6) is 5.75 Å². The van der Waals surface area contributed by atoms with Gasteiger partial charge < -0.3 is 4.74 Å². The Balaban J connectivity index is 2.47. The third-order valence-corrected chi connectivity index (χ3v) is 4.83. The highest BCUT2D eigenvalue weighted by Crippen LogP contribution is 2.34. The van der Waals surface area contributed by atoms with E-state index in [9.17, 15) is 0 Å². The van der Waals surface area contributed by atoms with Gasteiger partial charge in [-0.25, -0.2) is 5.43 Å². The summed E-state index contributed by atoms with van der Waals surface area (Å²) in [5.41, 5.74) is 6.35. The van der Waals surface area contributed by atoms with E-state index in [1.165, 1.54) is 10.4 Å². The molecule has 3 nitrogen and oxygen atoms in total. The molecule has 0 radical (unpaired) electrons. The maximum Gasteiger partial charge on any atom is 0.122 e. The van der Waals surface area contributed by atoms with Crippen molar-refractivity contribution in [3.8, 4) is 5.75 Å². The van der Waals surface area contributed by atoms with Gasteiger partial charge in [-0.1, -0.05) is 6.07 Å². The maximum atomic E-state index is 5.75. The molecule has 1 aromatic carbocycles. The summed E-state index contributed by atoms with van der Waals surface area (Å²) in [6.07, 6.45) is 0. The lowest BCUT2D eigenvalue weighted by Gasteiger charge is -2.19. The van der Waals surface area contributed by atoms with Gasteiger partial charge in [-0.3, -0.25) is 5.84 Å². The number of hydrazine groups is 1. The Morgan fingerprint density at radius 2 is 2.00 bits per heavy atom. The van der Waals surface area contributed by atoms with Crippen molar-refractivity contribution in [3.63, 3.8) is 0 Å². The zero-order chi connectivity index (χ0) is 14.0. The van der Waals surface area contributed by atoms with E-state index in [1.807, 2.05) is 13.0 Å². The van der Waals surface area contributed by atoms with Crippen LogP contribution in [0, 0.1) is 13.8 Å². The summed E-state index contributed by atoms with van der Waals surface area (Å²) in [6, 6.07) is 8.30. The number of aryl methyl sites for hydroxylation is 2. The molecule has 0 aliphatic heterocycles. The van der Waals surface area contributed by atoms with Crippen molar-refractivity contribution >= 4 is 27.3 Å². The summed E-state index contributed by atoms with van der Waals surface area (Å²) in [5, 5.41) is 0. The lowest BCUT2D eigenvalue weighted by atomic mass is 9.97. The standard InChI is InChI=1S/C14H17BrN2OS/c1-8-7-11(18-3)9(2)6-10(8)14(17-16)12-4-5-13(15)19-12/h4-7,14,17H,16H2,1-3H3. The van der Waals surface area contributed by atoms with Crippen LogP contribution in [0.2, 0.25) is 0 Å². The van der Waals surface area contributed by atoms with Crippen molar-refractivity contribution in [2.45, 2.75) is 19.9 Å². The fourth-order valence-electron chi connectivity index (χ4n) is 2.15. The number of benzene rings is 1. The van der Waals surface area contributed by atoms with Crippen molar-refractivity contribution < 1.29 is 4.74 Å². The average molecular weight is 341 g/mol. The van der Waals surface area contributed by atoms with Crippen LogP contribution >= 0.6 is 27.3 Å². The molecule has 0 spiro atoms. The molecule has 1 aromatic heterocycles. The fourth-order valence-corrected chi connectivity index (χ4v) is 3.65. The normalized spacial score (nSPS) is 12.5. The molecule has 5 heteroatoms. The molecular formula is C14H17BrN2OS. The van der Waals surface area contributed by atoms with Crippen LogP contribution in [-0.2, 0) is 0 Å². The smallest absolute Gasteiger partial charge is 0.122 e. The molecule has 0 saturated carbocycles. The summed E-state index contributed by atoms with van der Waals surface area (Å²) >= 11 is 5.17. The molecule has 2 rings (SSSR count). The zero-order valence-electron chi connectivity index (χ0n) is 11.2. The number of thiophene rings is 1. The van der Waals surface area contributed by atoms with Crippen LogP contribution in [0.3, 0.4) is 0 Å². The van der Waals surface area contributed by atoms with Gasteiger partial charge in [0, 0.05) is 4.88 Å². The first-order valence-corrected chi connectivity index (χ1v) is 7.54. The largest absolute Gasteiger partial charge is 0.496 e. The Morgan fingerprint density at radius 3 is 2.53 bits per heavy atom. The topological polar surface area (TPSA) is 47.3 Å². The molecule has 0 aliphatic carbocycles. The van der Waals surface area contributed by atoms with E-state index in [-0.39, 0.29) is 6.04 Å². The number of nitrogens with one attached hydrogen (secondary N) is 1. The number of nitrogens with two attached hydrogens (primary N) is 1. The SMILES string of the molecule is COc1cc(C)c(C(NN)c2ccc(Br)s2)cc1C. The van der Waals surface area contributed by atoms with E-state index in [0.717, 1.165) is 20.7 Å². The van der Waals surface area contributed by atoms with E-state index in [2.05, 4.69) is 46.5 Å². The van der Waals surface area contributed by atoms with Gasteiger partial charge in [0.1, 0.15) is 5.75 Å². The third kappa shape index (κ3) is 3.00. The first-order chi connectivity index (χ1) is 9.06. The quantitative estimate of drug-likeness (QED) is 0.659. The molecule has 0 fully saturated rings. The van der Waals surface area contributed by atoms with Crippen molar-refractivity contribution in [1.29, 1.82) is 0 Å². The number of hydrogen-bond acceptors (Lipinski definition) is 4. The highest BCUT2D eigenvalue weighted by Gasteiger charge is 2.18. The van der Waals surface area contributed by atoms with Gasteiger partial charge in [0.15, 0.2) is 0 Å². The highest BCUT2D eigenvalue weighted by molar-refractivity contribution is 9.11. The number of hydrogen-bond donors (Lipinski definition) is 2. The molecule has 0 saturated heterocycles. The van der Waals surface area contributed by atoms with Crippen LogP contribution in [-0.4, -0.2) is 7.11 Å². The number of halogens is 1. The van der Waals surface area contributed by atoms with E-state index in [1.54, 1.807) is 18.4 Å². The van der Waals surface area contributed by atoms with Gasteiger partial charge in [0.2, 0.25) is 0 Å². The van der Waals surface area contributed by atoms with Gasteiger partial charge in [-0.05, 0) is 64.7 Å². The summed E-state index contributed by atoms with van der Waals surface area (Å²) in [7, 11) is 1.69. The summed E-state index contributed by atoms with van der Waals surface area (Å²) < 4.78 is 6.45. The Morgan fingerprint density at radius 1 is 1.26 bits per heavy atom. The number of rotatable bonds is 4. The molecular weight excluding hydrogens is 324 g/mol. The summed E-state index contributed by atoms with van der Waals surface area (Å²) in [5.74, 6) is 6.65. The Bertz CT molecular complexity index is 583. The maximum absolute atomic E-state index is 5.75. The van der Waals surface area contributed by atoms with Crippen molar-refractivity contribution in [2.24, 2.45) is 5.84 Å². The first kappa shape index (κ1) is 14.5. The van der Waals surface area contributed by atoms with Crippen LogP contribution in [0.25, 0.3) is 0 Å². The molecule has 2 aromatic rings. The fraction of sp³-hybridized carbons (Fsp3) is 0.286. The Labute approximate surface area is 125 Å². The minimum atomic E-state index is 0.000839. The zero-order valence-corrected chi connectivity index (χ0v) is 13.6. The van der Waals surface area contributed by atoms with Crippen LogP contribution in [0.15, 0.2) is 28.1 Å². The summed E-state index contributed by atoms with van der Waals surface area (Å²) in [4.78, 5) is 1.18. The molecule has 0 aliphatic rings. The van der Waals surface area contributed by atoms with E-state index < -0.39 is 0 Å². The van der Waals surface area contributed by atoms with E-state index in [0.29, 0.717) is 0 Å². The van der Waals surface area contributed by atoms with Gasteiger partial charge in [-0.15, -0.1) is 11.3 Å². The van der Waals surface area contributed by atoms with Gasteiger partial charge >= 0.3 is 0 Å². The second kappa shape index (κ2) is 6.05. The molecule has 102 valence electrons. The monoisotopic (exact) mass is 340 g/mol. The predicted molar refractivity (Wildman–Crippen MR) is 83.7 cm³/mol. The van der Waals surface area contributed by atoms with Gasteiger partial charge in [0.05, 0.1) is 16.9 Å². The third-order valence-electron chi connectivity index (χ3n) is 3.14. The predicted octanol–water partition coefficient (Wildman–Crippen LogP) is 3.69. The molecule has 3 N–H and O–H groups in total. The van der Waals surface area contributed by atoms with Crippen molar-refractivity contribution in [1.82, 2.24) is 5.43 Å². The van der Waals surface area contributed by atoms with Crippen molar-refractivity contribution in [3.05, 3.63) is 49.6 Å². The minimum absolute atomic E-state index is 0.000839. The molecule has 0 bridgehead atoms. The number of methoxy groups -OCH3 is 1. The van der Waals surface area contributed by atoms with Crippen LogP contribution in [0.1, 0.15) is 27.6 Å². The van der Waals surface area contributed by atoms with E-state index in [4.69, 9.17) is 10.6 Å². The second-order valence-electron chi connectivity index (χ2n) is 4.42. The molecule has 19 heavy (non-hydrogen) atoms. The Hall–Kier alpha value is -0.880. The molecule has 0 amide bonds. The van der Waals surface area contributed by atoms with Crippen LogP contribution < -0.4 is 16.0 Å². The van der Waals surface area contributed by atoms with E-state index >= 15 is 0 Å². The minimum Gasteiger partial charge on any atom is -0.496 e. The van der Waals surface area contributed by atoms with Gasteiger partial charge in [0.25, 0.3) is 0 Å². The highest BCUT2D eigenvalue weighted by atomic mass is 79.9. The second-order valence-corrected chi connectivity index (χ2v) is 6.91. The average Bonchev–Trinajstić information content (AvgIpc) is 2.80. The van der Waals surface area contributed by atoms with Gasteiger partial charge in [-0.2, -0.15) is 0 Å². The van der Waals surface area contributed by atoms with Crippen molar-refractivity contribution in [2.75, 3.05) is 7.11 Å². The lowest BCUT2D eigenvalue weighted by Crippen LogP contribution is -2.28. The molecule has 1 atom stereocenters. The summed E-state index contributed by atoms with van der Waals surface area (Å²) in [6.45, 7) is 4.12. The van der Waals surface area contributed by atoms with Crippen LogP contribution in [0.4, 0.5) is 0 Å². The first-order valence-electron chi connectivity index (χ1n) is 5.93. The molecule has 1 heterocycles. The number of ether oxygens (including phenoxy) is 1. The lowest BCUT2D eigenvalue weighted by molar-refractivity contribution is 0.411.